The molecule has 0 radical (unpaired) electrons. The van der Waals surface area contributed by atoms with Crippen molar-refractivity contribution in [1.29, 1.82) is 0 Å². The zero-order valence-electron chi connectivity index (χ0n) is 14.4. The summed E-state index contributed by atoms with van der Waals surface area (Å²) < 4.78 is 5.22. The van der Waals surface area contributed by atoms with E-state index in [4.69, 9.17) is 16.3 Å². The number of ether oxygens (including phenoxy) is 1. The number of nitro benzene ring substituents is 1. The highest BCUT2D eigenvalue weighted by atomic mass is 35.5. The number of rotatable bonds is 4. The largest absolute Gasteiger partial charge is 0.496 e. The third kappa shape index (κ3) is 4.12. The van der Waals surface area contributed by atoms with Gasteiger partial charge in [0.2, 0.25) is 0 Å². The topological polar surface area (TPSA) is 93.8 Å². The Kier molecular flexibility index (Phi) is 5.48. The van der Waals surface area contributed by atoms with Gasteiger partial charge in [0.25, 0.3) is 11.6 Å². The highest BCUT2D eigenvalue weighted by Crippen LogP contribution is 2.33. The van der Waals surface area contributed by atoms with Crippen LogP contribution in [0.1, 0.15) is 11.1 Å². The lowest BCUT2D eigenvalue weighted by atomic mass is 10.1. The minimum atomic E-state index is -0.502. The molecule has 0 spiro atoms. The molecular weight excluding hydrogens is 390 g/mol. The van der Waals surface area contributed by atoms with Gasteiger partial charge in [-0.3, -0.25) is 14.9 Å². The molecule has 1 fully saturated rings. The van der Waals surface area contributed by atoms with Gasteiger partial charge in [-0.1, -0.05) is 17.7 Å². The van der Waals surface area contributed by atoms with Crippen molar-refractivity contribution >= 4 is 51.9 Å². The number of aliphatic imine (C=N–C) groups is 1. The fraction of sp³-hybridized carbons (Fsp3) is 0.111. The Morgan fingerprint density at radius 2 is 2.11 bits per heavy atom. The summed E-state index contributed by atoms with van der Waals surface area (Å²) in [5.74, 6) is 0.0876. The summed E-state index contributed by atoms with van der Waals surface area (Å²) in [5.41, 5.74) is 1.80. The van der Waals surface area contributed by atoms with Crippen LogP contribution in [0.2, 0.25) is 5.02 Å². The average Bonchev–Trinajstić information content (AvgIpc) is 2.98. The van der Waals surface area contributed by atoms with Crippen LogP contribution in [0.25, 0.3) is 6.08 Å². The highest BCUT2D eigenvalue weighted by Gasteiger charge is 2.25. The molecule has 7 nitrogen and oxygen atoms in total. The Morgan fingerprint density at radius 3 is 2.81 bits per heavy atom. The molecule has 0 unspecified atom stereocenters. The van der Waals surface area contributed by atoms with E-state index in [1.807, 2.05) is 6.92 Å². The molecule has 3 rings (SSSR count). The molecule has 2 aromatic rings. The Balaban J connectivity index is 1.94. The van der Waals surface area contributed by atoms with Crippen LogP contribution in [0.4, 0.5) is 11.4 Å². The molecule has 1 amide bonds. The maximum Gasteiger partial charge on any atom is 0.270 e. The third-order valence-electron chi connectivity index (χ3n) is 3.82. The molecule has 1 heterocycles. The number of carbonyl (C=O) groups excluding carboxylic acids is 1. The first-order valence-corrected chi connectivity index (χ1v) is 8.95. The van der Waals surface area contributed by atoms with Gasteiger partial charge in [0.15, 0.2) is 5.17 Å². The number of amidine groups is 1. The van der Waals surface area contributed by atoms with E-state index in [1.54, 1.807) is 24.3 Å². The van der Waals surface area contributed by atoms with E-state index in [0.29, 0.717) is 32.1 Å². The number of nitrogens with zero attached hydrogens (tertiary/aromatic N) is 2. The Labute approximate surface area is 164 Å². The number of halogens is 1. The summed E-state index contributed by atoms with van der Waals surface area (Å²) >= 11 is 7.23. The Morgan fingerprint density at radius 1 is 1.33 bits per heavy atom. The first-order chi connectivity index (χ1) is 12.9. The SMILES string of the molecule is COc1ccc([N+](=O)[O-])cc1/C=C1\SC(=Nc2cccc(Cl)c2C)NC1=O. The molecule has 0 aliphatic carbocycles. The molecule has 2 aromatic carbocycles. The summed E-state index contributed by atoms with van der Waals surface area (Å²) in [6, 6.07) is 9.54. The summed E-state index contributed by atoms with van der Waals surface area (Å²) in [5, 5.41) is 14.7. The molecule has 9 heteroatoms. The lowest BCUT2D eigenvalue weighted by Gasteiger charge is -2.04. The number of methoxy groups -OCH3 is 1. The van der Waals surface area contributed by atoms with Crippen molar-refractivity contribution in [3.8, 4) is 5.75 Å². The number of hydrogen-bond acceptors (Lipinski definition) is 6. The van der Waals surface area contributed by atoms with E-state index < -0.39 is 4.92 Å². The number of nitrogens with one attached hydrogen (secondary N) is 1. The Hall–Kier alpha value is -2.84. The first-order valence-electron chi connectivity index (χ1n) is 7.76. The normalized spacial score (nSPS) is 16.6. The van der Waals surface area contributed by atoms with E-state index in [1.165, 1.54) is 25.3 Å². The molecular formula is C18H14ClN3O4S. The maximum atomic E-state index is 12.3. The molecule has 0 saturated carbocycles. The van der Waals surface area contributed by atoms with Crippen molar-refractivity contribution in [3.05, 3.63) is 67.6 Å². The standard InChI is InChI=1S/C18H14ClN3O4S/c1-10-13(19)4-3-5-14(10)20-18-21-17(23)16(27-18)9-11-8-12(22(24)25)6-7-15(11)26-2/h3-9H,1-2H3,(H,20,21,23)/b16-9-. The molecule has 0 bridgehead atoms. The van der Waals surface area contributed by atoms with Gasteiger partial charge in [0.1, 0.15) is 5.75 Å². The second-order valence-corrected chi connectivity index (χ2v) is 6.99. The van der Waals surface area contributed by atoms with Crippen LogP contribution in [0.3, 0.4) is 0 Å². The van der Waals surface area contributed by atoms with Crippen LogP contribution in [0.15, 0.2) is 46.3 Å². The predicted octanol–water partition coefficient (Wildman–Crippen LogP) is 4.46. The number of thioether (sulfide) groups is 1. The van der Waals surface area contributed by atoms with Crippen LogP contribution < -0.4 is 10.1 Å². The second-order valence-electron chi connectivity index (χ2n) is 5.55. The lowest BCUT2D eigenvalue weighted by Crippen LogP contribution is -2.19. The van der Waals surface area contributed by atoms with Crippen LogP contribution in [0.5, 0.6) is 5.75 Å². The average molecular weight is 404 g/mol. The zero-order chi connectivity index (χ0) is 19.6. The molecule has 1 aliphatic heterocycles. The van der Waals surface area contributed by atoms with Crippen LogP contribution in [0, 0.1) is 17.0 Å². The summed E-state index contributed by atoms with van der Waals surface area (Å²) in [6.07, 6.45) is 1.54. The number of nitro groups is 1. The lowest BCUT2D eigenvalue weighted by molar-refractivity contribution is -0.384. The number of benzene rings is 2. The van der Waals surface area contributed by atoms with Crippen molar-refractivity contribution in [2.45, 2.75) is 6.92 Å². The summed E-state index contributed by atoms with van der Waals surface area (Å²) in [6.45, 7) is 1.84. The highest BCUT2D eigenvalue weighted by molar-refractivity contribution is 8.18. The molecule has 138 valence electrons. The predicted molar refractivity (Wildman–Crippen MR) is 107 cm³/mol. The van der Waals surface area contributed by atoms with Gasteiger partial charge < -0.3 is 10.1 Å². The fourth-order valence-electron chi connectivity index (χ4n) is 2.40. The van der Waals surface area contributed by atoms with E-state index in [0.717, 1.165) is 17.3 Å². The minimum absolute atomic E-state index is 0.0884. The van der Waals surface area contributed by atoms with E-state index in [9.17, 15) is 14.9 Å². The van der Waals surface area contributed by atoms with Crippen LogP contribution in [-0.4, -0.2) is 23.1 Å². The van der Waals surface area contributed by atoms with Crippen molar-refractivity contribution in [2.75, 3.05) is 7.11 Å². The quantitative estimate of drug-likeness (QED) is 0.462. The molecule has 0 atom stereocenters. The van der Waals surface area contributed by atoms with Gasteiger partial charge in [0.05, 0.1) is 22.6 Å². The third-order valence-corrected chi connectivity index (χ3v) is 5.14. The Bertz CT molecular complexity index is 1000. The van der Waals surface area contributed by atoms with Gasteiger partial charge >= 0.3 is 0 Å². The van der Waals surface area contributed by atoms with Crippen LogP contribution >= 0.6 is 23.4 Å². The van der Waals surface area contributed by atoms with Crippen LogP contribution in [-0.2, 0) is 4.79 Å². The zero-order valence-corrected chi connectivity index (χ0v) is 15.9. The van der Waals surface area contributed by atoms with E-state index >= 15 is 0 Å². The smallest absolute Gasteiger partial charge is 0.270 e. The monoisotopic (exact) mass is 403 g/mol. The van der Waals surface area contributed by atoms with Gasteiger partial charge in [-0.25, -0.2) is 4.99 Å². The van der Waals surface area contributed by atoms with Gasteiger partial charge in [-0.15, -0.1) is 0 Å². The summed E-state index contributed by atoms with van der Waals surface area (Å²) in [7, 11) is 1.46. The number of carbonyl (C=O) groups is 1. The number of hydrogen-bond donors (Lipinski definition) is 1. The van der Waals surface area contributed by atoms with Crippen molar-refractivity contribution in [3.63, 3.8) is 0 Å². The van der Waals surface area contributed by atoms with Crippen molar-refractivity contribution in [1.82, 2.24) is 5.32 Å². The molecule has 1 saturated heterocycles. The molecule has 1 N–H and O–H groups in total. The summed E-state index contributed by atoms with van der Waals surface area (Å²) in [4.78, 5) is 27.6. The van der Waals surface area contributed by atoms with Gasteiger partial charge in [-0.05, 0) is 48.5 Å². The molecule has 0 aromatic heterocycles. The van der Waals surface area contributed by atoms with Gasteiger partial charge in [-0.2, -0.15) is 0 Å². The van der Waals surface area contributed by atoms with E-state index in [2.05, 4.69) is 10.3 Å². The van der Waals surface area contributed by atoms with E-state index in [-0.39, 0.29) is 11.6 Å². The maximum absolute atomic E-state index is 12.3. The molecule has 27 heavy (non-hydrogen) atoms. The number of non-ortho nitro benzene ring substituents is 1. The van der Waals surface area contributed by atoms with Crippen molar-refractivity contribution in [2.24, 2.45) is 4.99 Å². The fourth-order valence-corrected chi connectivity index (χ4v) is 3.39. The first kappa shape index (κ1) is 18.9. The molecule has 1 aliphatic rings. The minimum Gasteiger partial charge on any atom is -0.496 e. The second kappa shape index (κ2) is 7.81. The van der Waals surface area contributed by atoms with Gasteiger partial charge in [0, 0.05) is 22.7 Å². The van der Waals surface area contributed by atoms with Crippen molar-refractivity contribution < 1.29 is 14.5 Å². The number of amides is 1.